The first-order chi connectivity index (χ1) is 42.6. The Morgan fingerprint density at radius 1 is 0.345 bits per heavy atom. The number of likely N-dealkylation sites (N-methyl/N-ethyl adjacent to an activating group) is 1. The van der Waals surface area contributed by atoms with Crippen LogP contribution in [0, 0.1) is 0 Å². The van der Waals surface area contributed by atoms with E-state index in [1.54, 1.807) is 0 Å². The lowest BCUT2D eigenvalue weighted by molar-refractivity contribution is -0.870. The smallest absolute Gasteiger partial charge is 0.306 e. The Morgan fingerprint density at radius 3 is 0.920 bits per heavy atom. The van der Waals surface area contributed by atoms with Crippen molar-refractivity contribution in [1.29, 1.82) is 0 Å². The van der Waals surface area contributed by atoms with Crippen LogP contribution in [0.25, 0.3) is 0 Å². The highest BCUT2D eigenvalue weighted by molar-refractivity contribution is 5.70. The minimum atomic E-state index is -1.64. The Labute approximate surface area is 534 Å². The van der Waals surface area contributed by atoms with Gasteiger partial charge in [0.1, 0.15) is 13.2 Å². The van der Waals surface area contributed by atoms with Crippen LogP contribution in [-0.2, 0) is 33.3 Å². The van der Waals surface area contributed by atoms with Crippen LogP contribution in [0.5, 0.6) is 0 Å². The van der Waals surface area contributed by atoms with E-state index in [1.165, 1.54) is 109 Å². The molecule has 2 atom stereocenters. The van der Waals surface area contributed by atoms with Gasteiger partial charge in [0.2, 0.25) is 0 Å². The van der Waals surface area contributed by atoms with Crippen LogP contribution < -0.4 is 5.11 Å². The van der Waals surface area contributed by atoms with Crippen molar-refractivity contribution in [3.8, 4) is 0 Å². The van der Waals surface area contributed by atoms with E-state index in [0.29, 0.717) is 23.9 Å². The molecule has 0 aliphatic rings. The Balaban J connectivity index is 4.11. The van der Waals surface area contributed by atoms with Crippen molar-refractivity contribution in [3.63, 3.8) is 0 Å². The van der Waals surface area contributed by atoms with E-state index >= 15 is 0 Å². The highest BCUT2D eigenvalue weighted by Gasteiger charge is 2.22. The van der Waals surface area contributed by atoms with E-state index in [2.05, 4.69) is 160 Å². The molecule has 9 heteroatoms. The van der Waals surface area contributed by atoms with E-state index in [1.807, 2.05) is 21.1 Å². The van der Waals surface area contributed by atoms with Crippen LogP contribution in [0.3, 0.4) is 0 Å². The summed E-state index contributed by atoms with van der Waals surface area (Å²) in [5.41, 5.74) is 0. The summed E-state index contributed by atoms with van der Waals surface area (Å²) in [5, 5.41) is 11.8. The van der Waals surface area contributed by atoms with Crippen molar-refractivity contribution < 1.29 is 42.9 Å². The van der Waals surface area contributed by atoms with Gasteiger partial charge < -0.3 is 33.3 Å². The van der Waals surface area contributed by atoms with Gasteiger partial charge in [-0.05, 0) is 116 Å². The molecule has 0 rings (SSSR count). The highest BCUT2D eigenvalue weighted by atomic mass is 16.7. The van der Waals surface area contributed by atoms with Crippen LogP contribution in [-0.4, -0.2) is 82.3 Å². The molecule has 0 aliphatic heterocycles. The predicted octanol–water partition coefficient (Wildman–Crippen LogP) is 20.6. The number of unbranched alkanes of at least 4 members (excludes halogenated alkanes) is 24. The van der Waals surface area contributed by atoms with Crippen molar-refractivity contribution >= 4 is 17.9 Å². The second-order valence-corrected chi connectivity index (χ2v) is 24.1. The first kappa shape index (κ1) is 82.2. The number of carboxylic acids is 1. The van der Waals surface area contributed by atoms with Gasteiger partial charge in [-0.25, -0.2) is 0 Å². The largest absolute Gasteiger partial charge is 0.545 e. The maximum Gasteiger partial charge on any atom is 0.306 e. The Morgan fingerprint density at radius 2 is 0.621 bits per heavy atom. The number of carbonyl (C=O) groups excluding carboxylic acids is 3. The molecule has 0 radical (unpaired) electrons. The molecule has 87 heavy (non-hydrogen) atoms. The molecule has 0 bridgehead atoms. The number of nitrogens with zero attached hydrogens (tertiary/aromatic N) is 1. The number of rotatable bonds is 63. The number of carbonyl (C=O) groups is 3. The first-order valence-electron chi connectivity index (χ1n) is 35.0. The van der Waals surface area contributed by atoms with Gasteiger partial charge in [-0.3, -0.25) is 9.59 Å². The van der Waals surface area contributed by atoms with Crippen LogP contribution in [0.15, 0.2) is 146 Å². The van der Waals surface area contributed by atoms with E-state index in [0.717, 1.165) is 122 Å². The fraction of sp³-hybridized carbons (Fsp3) is 0.654. The van der Waals surface area contributed by atoms with Crippen molar-refractivity contribution in [2.45, 2.75) is 283 Å². The van der Waals surface area contributed by atoms with Crippen LogP contribution >= 0.6 is 0 Å². The molecule has 0 saturated carbocycles. The molecular formula is C78H129NO8. The van der Waals surface area contributed by atoms with Gasteiger partial charge in [-0.1, -0.05) is 288 Å². The molecule has 9 nitrogen and oxygen atoms in total. The predicted molar refractivity (Wildman–Crippen MR) is 370 cm³/mol. The fourth-order valence-corrected chi connectivity index (χ4v) is 9.31. The second-order valence-electron chi connectivity index (χ2n) is 24.1. The molecule has 0 aromatic heterocycles. The summed E-state index contributed by atoms with van der Waals surface area (Å²) in [4.78, 5) is 37.5. The second kappa shape index (κ2) is 67.1. The molecule has 0 aliphatic carbocycles. The minimum absolute atomic E-state index is 0.137. The Hall–Kier alpha value is -4.83. The maximum atomic E-state index is 12.9. The molecule has 0 N–H and O–H groups in total. The summed E-state index contributed by atoms with van der Waals surface area (Å²) in [6.07, 6.45) is 95.0. The zero-order valence-electron chi connectivity index (χ0n) is 56.3. The topological polar surface area (TPSA) is 111 Å². The first-order valence-corrected chi connectivity index (χ1v) is 35.0. The van der Waals surface area contributed by atoms with Gasteiger partial charge >= 0.3 is 11.9 Å². The third-order valence-corrected chi connectivity index (χ3v) is 14.6. The number of allylic oxidation sites excluding steroid dienone is 24. The number of carboxylic acid groups (broad SMARTS) is 1. The third-order valence-electron chi connectivity index (χ3n) is 14.6. The normalized spacial score (nSPS) is 13.6. The number of quaternary nitrogens is 1. The van der Waals surface area contributed by atoms with E-state index in [4.69, 9.17) is 18.9 Å². The quantitative estimate of drug-likeness (QED) is 0.0195. The summed E-state index contributed by atoms with van der Waals surface area (Å²) < 4.78 is 22.8. The fourth-order valence-electron chi connectivity index (χ4n) is 9.31. The van der Waals surface area contributed by atoms with E-state index in [9.17, 15) is 19.5 Å². The lowest BCUT2D eigenvalue weighted by Crippen LogP contribution is -2.44. The molecule has 0 heterocycles. The van der Waals surface area contributed by atoms with Gasteiger partial charge in [0.05, 0.1) is 40.3 Å². The Bertz CT molecular complexity index is 1940. The molecule has 0 saturated heterocycles. The summed E-state index contributed by atoms with van der Waals surface area (Å²) in [6, 6.07) is 0. The standard InChI is InChI=1S/C78H129NO8/c1-6-8-10-12-14-16-18-20-22-24-26-28-30-31-32-33-34-35-36-37-38-39-40-41-42-43-44-45-47-49-51-53-55-57-59-61-63-65-67-69-76(81)87-74(73-86-78(77(82)83)84-71-70-79(3,4)5)72-85-75(80)68-66-64-62-60-58-56-54-52-50-48-46-29-27-25-23-21-19-17-15-13-11-9-7-2/h8-11,14-17,20-23,26-29,31-32,34-35,48,50,54,56,74,78H,6-7,12-13,18-19,24-25,30,33,36-47,49,51-53,55,57-73H2,1-5H3/b10-8-,11-9-,16-14-,17-15-,22-20-,23-21-,28-26-,29-27-,32-31-,35-34-,50-48-,56-54-. The number of ether oxygens (including phenoxy) is 4. The number of hydrogen-bond acceptors (Lipinski definition) is 8. The van der Waals surface area contributed by atoms with Crippen LogP contribution in [0.4, 0.5) is 0 Å². The molecular weight excluding hydrogens is 1080 g/mol. The highest BCUT2D eigenvalue weighted by Crippen LogP contribution is 2.17. The van der Waals surface area contributed by atoms with Crippen LogP contribution in [0.2, 0.25) is 0 Å². The zero-order chi connectivity index (χ0) is 63.3. The molecule has 494 valence electrons. The van der Waals surface area contributed by atoms with Crippen LogP contribution in [0.1, 0.15) is 271 Å². The molecule has 0 spiro atoms. The maximum absolute atomic E-state index is 12.9. The number of aliphatic carboxylic acids is 1. The molecule has 0 amide bonds. The summed E-state index contributed by atoms with van der Waals surface area (Å²) in [6.45, 7) is 4.49. The lowest BCUT2D eigenvalue weighted by atomic mass is 10.0. The van der Waals surface area contributed by atoms with Crippen molar-refractivity contribution in [3.05, 3.63) is 146 Å². The van der Waals surface area contributed by atoms with Crippen molar-refractivity contribution in [2.24, 2.45) is 0 Å². The van der Waals surface area contributed by atoms with Gasteiger partial charge in [-0.2, -0.15) is 0 Å². The van der Waals surface area contributed by atoms with E-state index < -0.39 is 24.3 Å². The summed E-state index contributed by atoms with van der Waals surface area (Å²) >= 11 is 0. The van der Waals surface area contributed by atoms with Gasteiger partial charge in [0.25, 0.3) is 0 Å². The molecule has 0 aromatic carbocycles. The average molecular weight is 1210 g/mol. The van der Waals surface area contributed by atoms with E-state index in [-0.39, 0.29) is 38.6 Å². The Kier molecular flexibility index (Phi) is 63.4. The third kappa shape index (κ3) is 68.5. The summed E-state index contributed by atoms with van der Waals surface area (Å²) in [5.74, 6) is -2.32. The minimum Gasteiger partial charge on any atom is -0.545 e. The average Bonchev–Trinajstić information content (AvgIpc) is 3.55. The van der Waals surface area contributed by atoms with Gasteiger partial charge in [0, 0.05) is 12.8 Å². The van der Waals surface area contributed by atoms with Gasteiger partial charge in [0.15, 0.2) is 12.4 Å². The van der Waals surface area contributed by atoms with Crippen molar-refractivity contribution in [2.75, 3.05) is 47.5 Å². The molecule has 0 aromatic rings. The SMILES string of the molecule is CC/C=C\C/C=C\C/C=C\C/C=C\C/C=C\C/C=C\CCCCCCCCCCCCCCCCCCCCCCC(=O)OC(COC(=O)CCCCCC/C=C\C/C=C\C/C=C\C/C=C\C/C=C\C/C=C\CC)COC(OCC[N+](C)(C)C)C(=O)[O-]. The lowest BCUT2D eigenvalue weighted by Gasteiger charge is -2.26. The number of esters is 2. The molecule has 2 unspecified atom stereocenters. The zero-order valence-corrected chi connectivity index (χ0v) is 56.3. The number of hydrogen-bond donors (Lipinski definition) is 0. The molecule has 0 fully saturated rings. The van der Waals surface area contributed by atoms with Crippen molar-refractivity contribution in [1.82, 2.24) is 0 Å². The monoisotopic (exact) mass is 1210 g/mol. The van der Waals surface area contributed by atoms with Gasteiger partial charge in [-0.15, -0.1) is 0 Å². The summed E-state index contributed by atoms with van der Waals surface area (Å²) in [7, 11) is 5.92.